The highest BCUT2D eigenvalue weighted by Gasteiger charge is 2.30. The van der Waals surface area contributed by atoms with Crippen LogP contribution in [0.1, 0.15) is 11.1 Å². The minimum atomic E-state index is -4.41. The molecule has 1 amide bonds. The summed E-state index contributed by atoms with van der Waals surface area (Å²) in [7, 11) is 0. The van der Waals surface area contributed by atoms with Gasteiger partial charge in [0.1, 0.15) is 19.0 Å². The highest BCUT2D eigenvalue weighted by molar-refractivity contribution is 5.84. The van der Waals surface area contributed by atoms with Gasteiger partial charge >= 0.3 is 12.3 Å². The second-order valence-corrected chi connectivity index (χ2v) is 5.02. The lowest BCUT2D eigenvalue weighted by molar-refractivity contribution is -0.137. The Hall–Kier alpha value is -2.96. The first-order chi connectivity index (χ1) is 11.9. The van der Waals surface area contributed by atoms with E-state index in [2.05, 4.69) is 11.9 Å². The van der Waals surface area contributed by atoms with Crippen LogP contribution in [0.15, 0.2) is 61.2 Å². The fraction of sp³-hybridized carbons (Fsp3) is 0.167. The van der Waals surface area contributed by atoms with Crippen molar-refractivity contribution in [2.45, 2.75) is 12.8 Å². The molecule has 0 radical (unpaired) electrons. The van der Waals surface area contributed by atoms with Crippen LogP contribution in [0.4, 0.5) is 23.7 Å². The molecule has 0 aliphatic rings. The minimum absolute atomic E-state index is 0.0997. The molecule has 4 nitrogen and oxygen atoms in total. The lowest BCUT2D eigenvalue weighted by Gasteiger charge is -2.11. The van der Waals surface area contributed by atoms with Crippen molar-refractivity contribution in [3.8, 4) is 5.75 Å². The molecule has 2 aromatic carbocycles. The number of anilines is 1. The first-order valence-corrected chi connectivity index (χ1v) is 7.32. The fourth-order valence-electron chi connectivity index (χ4n) is 1.90. The summed E-state index contributed by atoms with van der Waals surface area (Å²) in [5.74, 6) is 0.130. The molecule has 0 aliphatic heterocycles. The Morgan fingerprint density at radius 3 is 2.52 bits per heavy atom. The number of alkyl halides is 3. The number of benzene rings is 2. The summed E-state index contributed by atoms with van der Waals surface area (Å²) >= 11 is 0. The molecule has 7 heteroatoms. The summed E-state index contributed by atoms with van der Waals surface area (Å²) in [6.07, 6.45) is -3.56. The first-order valence-electron chi connectivity index (χ1n) is 7.32. The van der Waals surface area contributed by atoms with Crippen molar-refractivity contribution >= 4 is 11.8 Å². The third-order valence-corrected chi connectivity index (χ3v) is 3.10. The Labute approximate surface area is 142 Å². The van der Waals surface area contributed by atoms with Crippen molar-refractivity contribution in [2.24, 2.45) is 0 Å². The SMILES string of the molecule is C=CCOC(=O)Nc1ccc(COc2cccc(C(F)(F)F)c2)cc1. The molecule has 0 atom stereocenters. The van der Waals surface area contributed by atoms with E-state index in [0.717, 1.165) is 17.7 Å². The highest BCUT2D eigenvalue weighted by Crippen LogP contribution is 2.31. The quantitative estimate of drug-likeness (QED) is 0.744. The van der Waals surface area contributed by atoms with Crippen LogP contribution in [-0.4, -0.2) is 12.7 Å². The number of ether oxygens (including phenoxy) is 2. The van der Waals surface area contributed by atoms with E-state index in [1.54, 1.807) is 24.3 Å². The van der Waals surface area contributed by atoms with Crippen LogP contribution in [0.25, 0.3) is 0 Å². The zero-order chi connectivity index (χ0) is 18.3. The van der Waals surface area contributed by atoms with Crippen LogP contribution in [0, 0.1) is 0 Å². The van der Waals surface area contributed by atoms with Gasteiger partial charge in [0.05, 0.1) is 5.56 Å². The largest absolute Gasteiger partial charge is 0.489 e. The summed E-state index contributed by atoms with van der Waals surface area (Å²) in [4.78, 5) is 11.4. The van der Waals surface area contributed by atoms with Crippen molar-refractivity contribution in [2.75, 3.05) is 11.9 Å². The zero-order valence-electron chi connectivity index (χ0n) is 13.2. The lowest BCUT2D eigenvalue weighted by atomic mass is 10.2. The Kier molecular flexibility index (Phi) is 6.05. The number of carbonyl (C=O) groups excluding carboxylic acids is 1. The average molecular weight is 351 g/mol. The molecule has 0 spiro atoms. The summed E-state index contributed by atoms with van der Waals surface area (Å²) in [6, 6.07) is 11.3. The number of nitrogens with one attached hydrogen (secondary N) is 1. The molecular formula is C18H16F3NO3. The highest BCUT2D eigenvalue weighted by atomic mass is 19.4. The summed E-state index contributed by atoms with van der Waals surface area (Å²) in [5.41, 5.74) is 0.502. The van der Waals surface area contributed by atoms with Crippen molar-refractivity contribution in [1.82, 2.24) is 0 Å². The number of amides is 1. The van der Waals surface area contributed by atoms with Gasteiger partial charge in [-0.2, -0.15) is 13.2 Å². The molecule has 0 saturated carbocycles. The normalized spacial score (nSPS) is 10.8. The Morgan fingerprint density at radius 2 is 1.88 bits per heavy atom. The van der Waals surface area contributed by atoms with E-state index in [1.807, 2.05) is 0 Å². The zero-order valence-corrected chi connectivity index (χ0v) is 13.2. The van der Waals surface area contributed by atoms with Crippen molar-refractivity contribution in [3.05, 3.63) is 72.3 Å². The number of hydrogen-bond donors (Lipinski definition) is 1. The number of carbonyl (C=O) groups is 1. The molecule has 2 rings (SSSR count). The van der Waals surface area contributed by atoms with Gasteiger partial charge in [0.25, 0.3) is 0 Å². The van der Waals surface area contributed by atoms with E-state index in [0.29, 0.717) is 5.69 Å². The molecule has 0 bridgehead atoms. The van der Waals surface area contributed by atoms with Gasteiger partial charge in [0, 0.05) is 5.69 Å². The topological polar surface area (TPSA) is 47.6 Å². The van der Waals surface area contributed by atoms with Gasteiger partial charge < -0.3 is 9.47 Å². The molecule has 2 aromatic rings. The van der Waals surface area contributed by atoms with Crippen molar-refractivity contribution in [1.29, 1.82) is 0 Å². The van der Waals surface area contributed by atoms with E-state index in [4.69, 9.17) is 9.47 Å². The predicted octanol–water partition coefficient (Wildman–Crippen LogP) is 5.02. The van der Waals surface area contributed by atoms with Gasteiger partial charge in [-0.05, 0) is 35.9 Å². The smallest absolute Gasteiger partial charge is 0.416 e. The third-order valence-electron chi connectivity index (χ3n) is 3.10. The maximum atomic E-state index is 12.7. The van der Waals surface area contributed by atoms with E-state index in [-0.39, 0.29) is 19.0 Å². The van der Waals surface area contributed by atoms with Crippen LogP contribution >= 0.6 is 0 Å². The summed E-state index contributed by atoms with van der Waals surface area (Å²) < 4.78 is 48.1. The number of rotatable bonds is 6. The molecule has 0 aromatic heterocycles. The molecule has 0 saturated heterocycles. The van der Waals surface area contributed by atoms with E-state index < -0.39 is 17.8 Å². The molecular weight excluding hydrogens is 335 g/mol. The number of hydrogen-bond acceptors (Lipinski definition) is 3. The monoisotopic (exact) mass is 351 g/mol. The maximum Gasteiger partial charge on any atom is 0.416 e. The van der Waals surface area contributed by atoms with Crippen LogP contribution in [0.2, 0.25) is 0 Å². The number of halogens is 3. The molecule has 25 heavy (non-hydrogen) atoms. The van der Waals surface area contributed by atoms with Gasteiger partial charge in [0.15, 0.2) is 0 Å². The summed E-state index contributed by atoms with van der Waals surface area (Å²) in [6.45, 7) is 3.64. The van der Waals surface area contributed by atoms with Gasteiger partial charge in [-0.25, -0.2) is 4.79 Å². The van der Waals surface area contributed by atoms with E-state index in [1.165, 1.54) is 18.2 Å². The molecule has 0 aliphatic carbocycles. The Morgan fingerprint density at radius 1 is 1.16 bits per heavy atom. The standard InChI is InChI=1S/C18H16F3NO3/c1-2-10-24-17(23)22-15-8-6-13(7-9-15)12-25-16-5-3-4-14(11-16)18(19,20)21/h2-9,11H,1,10,12H2,(H,22,23). The lowest BCUT2D eigenvalue weighted by Crippen LogP contribution is -2.13. The van der Waals surface area contributed by atoms with Crippen LogP contribution in [-0.2, 0) is 17.5 Å². The molecule has 0 heterocycles. The van der Waals surface area contributed by atoms with Crippen molar-refractivity contribution in [3.63, 3.8) is 0 Å². The van der Waals surface area contributed by atoms with E-state index in [9.17, 15) is 18.0 Å². The maximum absolute atomic E-state index is 12.7. The third kappa shape index (κ3) is 5.87. The molecule has 1 N–H and O–H groups in total. The molecule has 0 unspecified atom stereocenters. The molecule has 132 valence electrons. The Balaban J connectivity index is 1.91. The van der Waals surface area contributed by atoms with Gasteiger partial charge in [-0.3, -0.25) is 5.32 Å². The minimum Gasteiger partial charge on any atom is -0.489 e. The van der Waals surface area contributed by atoms with Gasteiger partial charge in [0.2, 0.25) is 0 Å². The van der Waals surface area contributed by atoms with Gasteiger partial charge in [-0.1, -0.05) is 30.9 Å². The summed E-state index contributed by atoms with van der Waals surface area (Å²) in [5, 5.41) is 2.53. The van der Waals surface area contributed by atoms with Gasteiger partial charge in [-0.15, -0.1) is 0 Å². The molecule has 0 fully saturated rings. The van der Waals surface area contributed by atoms with Crippen molar-refractivity contribution < 1.29 is 27.4 Å². The van der Waals surface area contributed by atoms with Crippen LogP contribution < -0.4 is 10.1 Å². The van der Waals surface area contributed by atoms with E-state index >= 15 is 0 Å². The average Bonchev–Trinajstić information content (AvgIpc) is 2.59. The second-order valence-electron chi connectivity index (χ2n) is 5.02. The first kappa shape index (κ1) is 18.4. The van der Waals surface area contributed by atoms with Crippen LogP contribution in [0.3, 0.4) is 0 Å². The fourth-order valence-corrected chi connectivity index (χ4v) is 1.90. The second kappa shape index (κ2) is 8.23. The predicted molar refractivity (Wildman–Crippen MR) is 87.4 cm³/mol. The van der Waals surface area contributed by atoms with Crippen LogP contribution in [0.5, 0.6) is 5.75 Å². The Bertz CT molecular complexity index is 727.